The van der Waals surface area contributed by atoms with Crippen LogP contribution in [-0.2, 0) is 6.54 Å². The highest BCUT2D eigenvalue weighted by Gasteiger charge is 2.12. The number of anilines is 1. The molecule has 5 nitrogen and oxygen atoms in total. The molecule has 26 heavy (non-hydrogen) atoms. The Hall–Kier alpha value is -3.22. The summed E-state index contributed by atoms with van der Waals surface area (Å²) in [4.78, 5) is 12.4. The van der Waals surface area contributed by atoms with E-state index in [0.29, 0.717) is 12.4 Å². The third-order valence-electron chi connectivity index (χ3n) is 3.69. The summed E-state index contributed by atoms with van der Waals surface area (Å²) < 4.78 is 30.6. The average Bonchev–Trinajstić information content (AvgIpc) is 3.01. The minimum absolute atomic E-state index is 0.0686. The fourth-order valence-electron chi connectivity index (χ4n) is 2.55. The molecule has 0 aliphatic carbocycles. The van der Waals surface area contributed by atoms with E-state index in [0.717, 1.165) is 11.1 Å². The number of hydrogen-bond donors (Lipinski definition) is 1. The van der Waals surface area contributed by atoms with Crippen molar-refractivity contribution in [1.82, 2.24) is 9.78 Å². The monoisotopic (exact) mass is 357 g/mol. The number of rotatable bonds is 6. The lowest BCUT2D eigenvalue weighted by atomic mass is 10.1. The zero-order valence-corrected chi connectivity index (χ0v) is 14.0. The van der Waals surface area contributed by atoms with Crippen molar-refractivity contribution in [3.8, 4) is 5.75 Å². The lowest BCUT2D eigenvalue weighted by Crippen LogP contribution is -2.16. The minimum Gasteiger partial charge on any atom is -0.435 e. The number of carbonyl (C=O) groups is 1. The van der Waals surface area contributed by atoms with E-state index >= 15 is 0 Å². The molecular formula is C19H17F2N3O2. The Balaban J connectivity index is 1.73. The van der Waals surface area contributed by atoms with Crippen LogP contribution in [0.3, 0.4) is 0 Å². The molecule has 0 bridgehead atoms. The van der Waals surface area contributed by atoms with Crippen LogP contribution in [-0.4, -0.2) is 22.3 Å². The minimum atomic E-state index is -2.94. The number of nitrogens with zero attached hydrogens (tertiary/aromatic N) is 2. The fourth-order valence-corrected chi connectivity index (χ4v) is 2.55. The van der Waals surface area contributed by atoms with Gasteiger partial charge in [0.25, 0.3) is 5.91 Å². The number of nitrogens with one attached hydrogen (secondary N) is 1. The molecule has 0 saturated heterocycles. The Kier molecular flexibility index (Phi) is 5.26. The van der Waals surface area contributed by atoms with E-state index in [1.54, 1.807) is 16.9 Å². The highest BCUT2D eigenvalue weighted by atomic mass is 19.3. The molecule has 7 heteroatoms. The number of aromatic nitrogens is 2. The third kappa shape index (κ3) is 4.44. The number of halogens is 2. The van der Waals surface area contributed by atoms with Gasteiger partial charge in [-0.3, -0.25) is 4.79 Å². The molecule has 2 aromatic carbocycles. The summed E-state index contributed by atoms with van der Waals surface area (Å²) in [5.41, 5.74) is 2.40. The molecule has 1 aromatic heterocycles. The summed E-state index contributed by atoms with van der Waals surface area (Å²) in [6.45, 7) is -0.438. The summed E-state index contributed by atoms with van der Waals surface area (Å²) in [6.07, 6.45) is 1.59. The van der Waals surface area contributed by atoms with Crippen molar-refractivity contribution in [3.05, 3.63) is 77.5 Å². The number of alkyl halides is 2. The van der Waals surface area contributed by atoms with Gasteiger partial charge in [0.1, 0.15) is 11.6 Å². The molecule has 0 unspecified atom stereocenters. The van der Waals surface area contributed by atoms with E-state index < -0.39 is 12.5 Å². The van der Waals surface area contributed by atoms with Crippen molar-refractivity contribution in [1.29, 1.82) is 0 Å². The highest BCUT2D eigenvalue weighted by Crippen LogP contribution is 2.18. The first-order valence-electron chi connectivity index (χ1n) is 7.95. The van der Waals surface area contributed by atoms with Crippen molar-refractivity contribution in [2.45, 2.75) is 20.1 Å². The predicted octanol–water partition coefficient (Wildman–Crippen LogP) is 4.09. The molecule has 134 valence electrons. The van der Waals surface area contributed by atoms with Gasteiger partial charge < -0.3 is 10.1 Å². The molecule has 3 aromatic rings. The van der Waals surface area contributed by atoms with Crippen molar-refractivity contribution in [2.24, 2.45) is 0 Å². The second kappa shape index (κ2) is 7.77. The Morgan fingerprint density at radius 3 is 2.77 bits per heavy atom. The third-order valence-corrected chi connectivity index (χ3v) is 3.69. The van der Waals surface area contributed by atoms with Crippen LogP contribution in [0.4, 0.5) is 14.6 Å². The quantitative estimate of drug-likeness (QED) is 0.723. The van der Waals surface area contributed by atoms with E-state index in [2.05, 4.69) is 15.2 Å². The van der Waals surface area contributed by atoms with Gasteiger partial charge in [-0.05, 0) is 30.7 Å². The smallest absolute Gasteiger partial charge is 0.387 e. The first-order chi connectivity index (χ1) is 12.5. The number of benzene rings is 2. The Morgan fingerprint density at radius 1 is 1.19 bits per heavy atom. The lowest BCUT2D eigenvalue weighted by molar-refractivity contribution is -0.0498. The van der Waals surface area contributed by atoms with Crippen molar-refractivity contribution < 1.29 is 18.3 Å². The standard InChI is InChI=1S/C19H17F2N3O2/c1-13-4-2-5-14(10-13)12-24-17(8-9-22-24)23-18(25)15-6-3-7-16(11-15)26-19(20)21/h2-11,19H,12H2,1H3,(H,23,25). The van der Waals surface area contributed by atoms with Gasteiger partial charge in [0, 0.05) is 11.6 Å². The first-order valence-corrected chi connectivity index (χ1v) is 7.95. The van der Waals surface area contributed by atoms with E-state index in [9.17, 15) is 13.6 Å². The Bertz CT molecular complexity index is 909. The Labute approximate surface area is 149 Å². The molecule has 1 heterocycles. The number of carbonyl (C=O) groups excluding carboxylic acids is 1. The molecule has 0 aliphatic rings. The Morgan fingerprint density at radius 2 is 2.00 bits per heavy atom. The van der Waals surface area contributed by atoms with Crippen molar-refractivity contribution in [3.63, 3.8) is 0 Å². The molecule has 0 spiro atoms. The van der Waals surface area contributed by atoms with Crippen LogP contribution in [0.1, 0.15) is 21.5 Å². The topological polar surface area (TPSA) is 56.2 Å². The van der Waals surface area contributed by atoms with Crippen molar-refractivity contribution in [2.75, 3.05) is 5.32 Å². The van der Waals surface area contributed by atoms with E-state index in [-0.39, 0.29) is 11.3 Å². The maximum atomic E-state index is 12.4. The van der Waals surface area contributed by atoms with Crippen molar-refractivity contribution >= 4 is 11.7 Å². The summed E-state index contributed by atoms with van der Waals surface area (Å²) in [5.74, 6) is 0.00770. The molecule has 0 atom stereocenters. The van der Waals surface area contributed by atoms with Gasteiger partial charge in [0.2, 0.25) is 0 Å². The zero-order valence-electron chi connectivity index (χ0n) is 14.0. The van der Waals surface area contributed by atoms with Gasteiger partial charge in [0.05, 0.1) is 12.7 Å². The van der Waals surface area contributed by atoms with Crippen LogP contribution in [0.5, 0.6) is 5.75 Å². The number of aryl methyl sites for hydroxylation is 1. The van der Waals surface area contributed by atoms with Crippen LogP contribution >= 0.6 is 0 Å². The van der Waals surface area contributed by atoms with Crippen LogP contribution in [0.2, 0.25) is 0 Å². The summed E-state index contributed by atoms with van der Waals surface area (Å²) in [7, 11) is 0. The number of hydrogen-bond acceptors (Lipinski definition) is 3. The van der Waals surface area contributed by atoms with Gasteiger partial charge in [-0.15, -0.1) is 0 Å². The fraction of sp³-hybridized carbons (Fsp3) is 0.158. The maximum absolute atomic E-state index is 12.4. The molecular weight excluding hydrogens is 340 g/mol. The second-order valence-electron chi connectivity index (χ2n) is 5.72. The normalized spacial score (nSPS) is 10.8. The van der Waals surface area contributed by atoms with Gasteiger partial charge in [-0.2, -0.15) is 13.9 Å². The van der Waals surface area contributed by atoms with E-state index in [1.165, 1.54) is 24.3 Å². The molecule has 1 amide bonds. The molecule has 0 aliphatic heterocycles. The molecule has 3 rings (SSSR count). The largest absolute Gasteiger partial charge is 0.435 e. The van der Waals surface area contributed by atoms with E-state index in [1.807, 2.05) is 31.2 Å². The lowest BCUT2D eigenvalue weighted by Gasteiger charge is -2.10. The second-order valence-corrected chi connectivity index (χ2v) is 5.72. The maximum Gasteiger partial charge on any atom is 0.387 e. The van der Waals surface area contributed by atoms with Gasteiger partial charge in [0.15, 0.2) is 0 Å². The highest BCUT2D eigenvalue weighted by molar-refractivity contribution is 6.04. The summed E-state index contributed by atoms with van der Waals surface area (Å²) in [5, 5.41) is 6.96. The molecule has 0 saturated carbocycles. The van der Waals surface area contributed by atoms with Crippen LogP contribution in [0.25, 0.3) is 0 Å². The average molecular weight is 357 g/mol. The van der Waals surface area contributed by atoms with Crippen LogP contribution in [0, 0.1) is 6.92 Å². The zero-order chi connectivity index (χ0) is 18.5. The van der Waals surface area contributed by atoms with Gasteiger partial charge in [-0.1, -0.05) is 35.9 Å². The van der Waals surface area contributed by atoms with E-state index in [4.69, 9.17) is 0 Å². The summed E-state index contributed by atoms with van der Waals surface area (Å²) in [6, 6.07) is 15.3. The molecule has 0 fully saturated rings. The number of amides is 1. The predicted molar refractivity (Wildman–Crippen MR) is 93.5 cm³/mol. The van der Waals surface area contributed by atoms with Gasteiger partial charge >= 0.3 is 6.61 Å². The molecule has 0 radical (unpaired) electrons. The summed E-state index contributed by atoms with van der Waals surface area (Å²) >= 11 is 0. The van der Waals surface area contributed by atoms with Crippen LogP contribution < -0.4 is 10.1 Å². The number of ether oxygens (including phenoxy) is 1. The van der Waals surface area contributed by atoms with Crippen LogP contribution in [0.15, 0.2) is 60.8 Å². The molecule has 1 N–H and O–H groups in total. The SMILES string of the molecule is Cc1cccc(Cn2nccc2NC(=O)c2cccc(OC(F)F)c2)c1. The van der Waals surface area contributed by atoms with Gasteiger partial charge in [-0.25, -0.2) is 4.68 Å². The first kappa shape index (κ1) is 17.6.